The Morgan fingerprint density at radius 3 is 2.96 bits per heavy atom. The minimum atomic E-state index is -0.195. The summed E-state index contributed by atoms with van der Waals surface area (Å²) >= 11 is 1.26. The van der Waals surface area contributed by atoms with Gasteiger partial charge in [-0.1, -0.05) is 18.7 Å². The van der Waals surface area contributed by atoms with Crippen molar-refractivity contribution in [1.29, 1.82) is 0 Å². The van der Waals surface area contributed by atoms with Gasteiger partial charge in [-0.3, -0.25) is 9.36 Å². The summed E-state index contributed by atoms with van der Waals surface area (Å²) in [5.41, 5.74) is -0.195. The molecule has 25 heavy (non-hydrogen) atoms. The maximum absolute atomic E-state index is 12.5. The molecule has 2 aromatic heterocycles. The lowest BCUT2D eigenvalue weighted by Gasteiger charge is -2.32. The van der Waals surface area contributed by atoms with Crippen LogP contribution < -0.4 is 5.69 Å². The fourth-order valence-corrected chi connectivity index (χ4v) is 3.70. The molecular formula is C15H22N6O3S. The Morgan fingerprint density at radius 1 is 1.40 bits per heavy atom. The largest absolute Gasteiger partial charge is 0.416 e. The molecule has 9 nitrogen and oxygen atoms in total. The SMILES string of the molecule is CCc1nnc(SCC(=O)N2CCC[C@@H](c3n[nH]c(=O)n3CC)C2)o1. The van der Waals surface area contributed by atoms with Crippen LogP contribution in [0.5, 0.6) is 0 Å². The zero-order chi connectivity index (χ0) is 17.8. The number of aromatic amines is 1. The van der Waals surface area contributed by atoms with E-state index in [4.69, 9.17) is 4.42 Å². The highest BCUT2D eigenvalue weighted by Crippen LogP contribution is 2.26. The first kappa shape index (κ1) is 17.7. The first-order chi connectivity index (χ1) is 12.1. The van der Waals surface area contributed by atoms with Gasteiger partial charge in [0.25, 0.3) is 5.22 Å². The lowest BCUT2D eigenvalue weighted by atomic mass is 9.97. The molecule has 3 rings (SSSR count). The van der Waals surface area contributed by atoms with Gasteiger partial charge in [0.05, 0.1) is 5.75 Å². The van der Waals surface area contributed by atoms with Crippen molar-refractivity contribution in [2.75, 3.05) is 18.8 Å². The Morgan fingerprint density at radius 2 is 2.24 bits per heavy atom. The normalized spacial score (nSPS) is 17.8. The van der Waals surface area contributed by atoms with E-state index in [2.05, 4.69) is 20.4 Å². The summed E-state index contributed by atoms with van der Waals surface area (Å²) in [5, 5.41) is 14.9. The average Bonchev–Trinajstić information content (AvgIpc) is 3.25. The van der Waals surface area contributed by atoms with Gasteiger partial charge in [0, 0.05) is 32.0 Å². The van der Waals surface area contributed by atoms with Gasteiger partial charge in [0.2, 0.25) is 11.8 Å². The van der Waals surface area contributed by atoms with Gasteiger partial charge < -0.3 is 9.32 Å². The van der Waals surface area contributed by atoms with Gasteiger partial charge in [-0.25, -0.2) is 9.89 Å². The predicted octanol–water partition coefficient (Wildman–Crippen LogP) is 1.03. The molecule has 3 heterocycles. The number of H-pyrrole nitrogens is 1. The van der Waals surface area contributed by atoms with Crippen LogP contribution in [0.25, 0.3) is 0 Å². The first-order valence-corrected chi connectivity index (χ1v) is 9.49. The van der Waals surface area contributed by atoms with Crippen LogP contribution in [0.1, 0.15) is 44.3 Å². The molecule has 1 atom stereocenters. The van der Waals surface area contributed by atoms with Crippen LogP contribution in [0.3, 0.4) is 0 Å². The van der Waals surface area contributed by atoms with Crippen molar-refractivity contribution in [2.45, 2.75) is 50.8 Å². The number of rotatable bonds is 6. The molecule has 1 saturated heterocycles. The van der Waals surface area contributed by atoms with E-state index in [0.717, 1.165) is 25.2 Å². The second-order valence-electron chi connectivity index (χ2n) is 5.91. The summed E-state index contributed by atoms with van der Waals surface area (Å²) < 4.78 is 7.05. The number of hydrogen-bond acceptors (Lipinski definition) is 7. The topological polar surface area (TPSA) is 110 Å². The second kappa shape index (κ2) is 7.85. The number of aryl methyl sites for hydroxylation is 1. The lowest BCUT2D eigenvalue weighted by molar-refractivity contribution is -0.129. The van der Waals surface area contributed by atoms with Crippen LogP contribution in [0, 0.1) is 0 Å². The highest BCUT2D eigenvalue weighted by molar-refractivity contribution is 7.99. The second-order valence-corrected chi connectivity index (χ2v) is 6.84. The number of nitrogens with zero attached hydrogens (tertiary/aromatic N) is 5. The zero-order valence-electron chi connectivity index (χ0n) is 14.4. The van der Waals surface area contributed by atoms with Gasteiger partial charge in [0.15, 0.2) is 0 Å². The molecule has 1 aliphatic heterocycles. The van der Waals surface area contributed by atoms with E-state index in [1.807, 2.05) is 18.7 Å². The number of likely N-dealkylation sites (tertiary alicyclic amines) is 1. The number of carbonyl (C=O) groups is 1. The van der Waals surface area contributed by atoms with Crippen molar-refractivity contribution >= 4 is 17.7 Å². The van der Waals surface area contributed by atoms with E-state index in [0.29, 0.717) is 30.6 Å². The Labute approximate surface area is 149 Å². The number of thioether (sulfide) groups is 1. The van der Waals surface area contributed by atoms with Gasteiger partial charge in [-0.15, -0.1) is 10.2 Å². The molecule has 0 saturated carbocycles. The highest BCUT2D eigenvalue weighted by atomic mass is 32.2. The average molecular weight is 366 g/mol. The molecule has 0 unspecified atom stereocenters. The molecule has 0 aromatic carbocycles. The van der Waals surface area contributed by atoms with Gasteiger partial charge in [-0.2, -0.15) is 5.10 Å². The van der Waals surface area contributed by atoms with Crippen LogP contribution >= 0.6 is 11.8 Å². The molecule has 1 amide bonds. The lowest BCUT2D eigenvalue weighted by Crippen LogP contribution is -2.41. The third-order valence-corrected chi connectivity index (χ3v) is 5.12. The van der Waals surface area contributed by atoms with E-state index >= 15 is 0 Å². The molecule has 0 spiro atoms. The van der Waals surface area contributed by atoms with Crippen molar-refractivity contribution in [3.05, 3.63) is 22.2 Å². The molecule has 136 valence electrons. The van der Waals surface area contributed by atoms with E-state index in [9.17, 15) is 9.59 Å². The number of nitrogens with one attached hydrogen (secondary N) is 1. The van der Waals surface area contributed by atoms with Gasteiger partial charge >= 0.3 is 5.69 Å². The summed E-state index contributed by atoms with van der Waals surface area (Å²) in [4.78, 5) is 26.1. The van der Waals surface area contributed by atoms with Crippen molar-refractivity contribution in [2.24, 2.45) is 0 Å². The maximum Gasteiger partial charge on any atom is 0.343 e. The summed E-state index contributed by atoms with van der Waals surface area (Å²) in [6.07, 6.45) is 2.50. The minimum Gasteiger partial charge on any atom is -0.416 e. The molecular weight excluding hydrogens is 344 g/mol. The third kappa shape index (κ3) is 3.94. The fraction of sp³-hybridized carbons (Fsp3) is 0.667. The monoisotopic (exact) mass is 366 g/mol. The molecule has 1 fully saturated rings. The van der Waals surface area contributed by atoms with Crippen molar-refractivity contribution < 1.29 is 9.21 Å². The van der Waals surface area contributed by atoms with Crippen LogP contribution in [-0.4, -0.2) is 54.6 Å². The Kier molecular flexibility index (Phi) is 5.57. The third-order valence-electron chi connectivity index (χ3n) is 4.31. The first-order valence-electron chi connectivity index (χ1n) is 8.50. The molecule has 2 aromatic rings. The fourth-order valence-electron chi connectivity index (χ4n) is 3.02. The smallest absolute Gasteiger partial charge is 0.343 e. The Balaban J connectivity index is 1.60. The van der Waals surface area contributed by atoms with E-state index in [1.165, 1.54) is 11.8 Å². The highest BCUT2D eigenvalue weighted by Gasteiger charge is 2.28. The number of piperidine rings is 1. The standard InChI is InChI=1S/C15H22N6O3S/c1-3-11-16-19-15(24-11)25-9-12(22)20-7-5-6-10(8-20)13-17-18-14(23)21(13)4-2/h10H,3-9H2,1-2H3,(H,18,23)/t10-/m1/s1. The molecule has 0 bridgehead atoms. The predicted molar refractivity (Wildman–Crippen MR) is 91.5 cm³/mol. The molecule has 1 aliphatic rings. The van der Waals surface area contributed by atoms with E-state index in [-0.39, 0.29) is 23.3 Å². The number of aromatic nitrogens is 5. The molecule has 0 radical (unpaired) electrons. The molecule has 0 aliphatic carbocycles. The minimum absolute atomic E-state index is 0.0341. The Bertz CT molecular complexity index is 782. The van der Waals surface area contributed by atoms with E-state index in [1.54, 1.807) is 4.57 Å². The summed E-state index contributed by atoms with van der Waals surface area (Å²) in [6, 6.07) is 0. The Hall–Kier alpha value is -2.10. The van der Waals surface area contributed by atoms with E-state index < -0.39 is 0 Å². The summed E-state index contributed by atoms with van der Waals surface area (Å²) in [7, 11) is 0. The number of amides is 1. The van der Waals surface area contributed by atoms with Crippen LogP contribution in [-0.2, 0) is 17.8 Å². The van der Waals surface area contributed by atoms with Crippen molar-refractivity contribution in [3.8, 4) is 0 Å². The zero-order valence-corrected chi connectivity index (χ0v) is 15.2. The summed E-state index contributed by atoms with van der Waals surface area (Å²) in [5.74, 6) is 1.69. The van der Waals surface area contributed by atoms with Gasteiger partial charge in [-0.05, 0) is 19.8 Å². The van der Waals surface area contributed by atoms with Crippen molar-refractivity contribution in [1.82, 2.24) is 29.9 Å². The van der Waals surface area contributed by atoms with Crippen LogP contribution in [0.15, 0.2) is 14.4 Å². The maximum atomic E-state index is 12.5. The van der Waals surface area contributed by atoms with Crippen molar-refractivity contribution in [3.63, 3.8) is 0 Å². The quantitative estimate of drug-likeness (QED) is 0.760. The molecule has 10 heteroatoms. The number of carbonyl (C=O) groups excluding carboxylic acids is 1. The number of hydrogen-bond donors (Lipinski definition) is 1. The molecule has 1 N–H and O–H groups in total. The van der Waals surface area contributed by atoms with Crippen LogP contribution in [0.4, 0.5) is 0 Å². The van der Waals surface area contributed by atoms with Gasteiger partial charge in [0.1, 0.15) is 5.82 Å². The van der Waals surface area contributed by atoms with Crippen LogP contribution in [0.2, 0.25) is 0 Å². The summed E-state index contributed by atoms with van der Waals surface area (Å²) in [6.45, 7) is 5.72.